The fourth-order valence-corrected chi connectivity index (χ4v) is 4.69. The molecule has 0 radical (unpaired) electrons. The van der Waals surface area contributed by atoms with Crippen LogP contribution in [0.4, 0.5) is 4.39 Å². The highest BCUT2D eigenvalue weighted by Crippen LogP contribution is 2.39. The van der Waals surface area contributed by atoms with E-state index in [1.54, 1.807) is 36.3 Å². The number of amides is 3. The third-order valence-electron chi connectivity index (χ3n) is 6.63. The number of nitrogens with zero attached hydrogens (tertiary/aromatic N) is 2. The molecule has 2 aliphatic rings. The van der Waals surface area contributed by atoms with Gasteiger partial charge in [-0.3, -0.25) is 19.3 Å². The van der Waals surface area contributed by atoms with Crippen molar-refractivity contribution in [2.24, 2.45) is 0 Å². The lowest BCUT2D eigenvalue weighted by molar-refractivity contribution is -0.128. The second-order valence-electron chi connectivity index (χ2n) is 8.76. The lowest BCUT2D eigenvalue weighted by Gasteiger charge is -2.44. The molecule has 0 saturated carbocycles. The minimum Gasteiger partial charge on any atom is -0.497 e. The second-order valence-corrected chi connectivity index (χ2v) is 8.76. The van der Waals surface area contributed by atoms with Gasteiger partial charge in [0, 0.05) is 50.7 Å². The van der Waals surface area contributed by atoms with E-state index in [0.717, 1.165) is 0 Å². The van der Waals surface area contributed by atoms with Crippen LogP contribution in [0.1, 0.15) is 33.6 Å². The monoisotopic (exact) mass is 499 g/mol. The van der Waals surface area contributed by atoms with Gasteiger partial charge < -0.3 is 24.4 Å². The van der Waals surface area contributed by atoms with Crippen LogP contribution in [0.25, 0.3) is 0 Å². The number of carbonyl (C=O) groups is 3. The fourth-order valence-electron chi connectivity index (χ4n) is 4.69. The highest BCUT2D eigenvalue weighted by atomic mass is 19.1. The maximum Gasteiger partial charge on any atom is 0.257 e. The lowest BCUT2D eigenvalue weighted by Crippen LogP contribution is -2.60. The zero-order valence-electron chi connectivity index (χ0n) is 20.4. The molecule has 2 heterocycles. The van der Waals surface area contributed by atoms with E-state index in [4.69, 9.17) is 14.2 Å². The van der Waals surface area contributed by atoms with Gasteiger partial charge in [-0.25, -0.2) is 4.39 Å². The second kappa shape index (κ2) is 11.0. The van der Waals surface area contributed by atoms with Gasteiger partial charge >= 0.3 is 0 Å². The molecule has 9 nitrogen and oxygen atoms in total. The van der Waals surface area contributed by atoms with E-state index in [9.17, 15) is 18.8 Å². The van der Waals surface area contributed by atoms with Gasteiger partial charge in [-0.15, -0.1) is 0 Å². The maximum atomic E-state index is 13.8. The van der Waals surface area contributed by atoms with E-state index in [0.29, 0.717) is 56.0 Å². The smallest absolute Gasteiger partial charge is 0.257 e. The van der Waals surface area contributed by atoms with Gasteiger partial charge in [0.15, 0.2) is 0 Å². The number of likely N-dealkylation sites (tertiary alicyclic amines) is 1. The number of benzene rings is 2. The zero-order valence-corrected chi connectivity index (χ0v) is 20.4. The van der Waals surface area contributed by atoms with Crippen molar-refractivity contribution in [2.75, 3.05) is 47.1 Å². The first-order valence-electron chi connectivity index (χ1n) is 11.8. The molecule has 192 valence electrons. The summed E-state index contributed by atoms with van der Waals surface area (Å²) in [6.45, 7) is 1.32. The van der Waals surface area contributed by atoms with Crippen molar-refractivity contribution in [1.82, 2.24) is 15.1 Å². The van der Waals surface area contributed by atoms with E-state index in [-0.39, 0.29) is 24.3 Å². The highest BCUT2D eigenvalue weighted by Gasteiger charge is 2.54. The summed E-state index contributed by atoms with van der Waals surface area (Å²) in [5.74, 6) is -0.787. The van der Waals surface area contributed by atoms with Crippen LogP contribution >= 0.6 is 0 Å². The number of carbonyl (C=O) groups excluding carboxylic acids is 3. The summed E-state index contributed by atoms with van der Waals surface area (Å²) in [6, 6.07) is 11.3. The zero-order chi connectivity index (χ0) is 25.7. The van der Waals surface area contributed by atoms with Crippen LogP contribution in [-0.2, 0) is 14.3 Å². The number of methoxy groups -OCH3 is 2. The Kier molecular flexibility index (Phi) is 7.85. The topological polar surface area (TPSA) is 97.4 Å². The first-order valence-corrected chi connectivity index (χ1v) is 11.8. The predicted molar refractivity (Wildman–Crippen MR) is 128 cm³/mol. The number of rotatable bonds is 7. The number of halogens is 1. The summed E-state index contributed by atoms with van der Waals surface area (Å²) in [6.07, 6.45) is 0.662. The summed E-state index contributed by atoms with van der Waals surface area (Å²) in [4.78, 5) is 42.9. The Balaban J connectivity index is 1.56. The number of piperidine rings is 1. The minimum absolute atomic E-state index is 0.0421. The standard InChI is InChI=1S/C26H30FN3O6/c1-34-15-12-28-23(31)22-17-36-26(30(22)25(33)19-4-3-5-21(16-19)35-2)10-13-29(14-11-26)24(32)18-6-8-20(27)9-7-18/h3-9,16,22H,10-15,17H2,1-2H3,(H,28,31). The molecule has 1 N–H and O–H groups in total. The molecule has 1 atom stereocenters. The van der Waals surface area contributed by atoms with Crippen LogP contribution in [-0.4, -0.2) is 86.4 Å². The van der Waals surface area contributed by atoms with Gasteiger partial charge in [-0.05, 0) is 42.5 Å². The molecule has 2 aromatic rings. The summed E-state index contributed by atoms with van der Waals surface area (Å²) < 4.78 is 29.7. The average molecular weight is 500 g/mol. The largest absolute Gasteiger partial charge is 0.497 e. The molecule has 4 rings (SSSR count). The van der Waals surface area contributed by atoms with Gasteiger partial charge in [0.2, 0.25) is 5.91 Å². The molecule has 0 bridgehead atoms. The molecule has 1 spiro atoms. The lowest BCUT2D eigenvalue weighted by atomic mass is 9.96. The fraction of sp³-hybridized carbons (Fsp3) is 0.423. The maximum absolute atomic E-state index is 13.8. The SMILES string of the molecule is COCCNC(=O)C1COC2(CCN(C(=O)c3ccc(F)cc3)CC2)N1C(=O)c1cccc(OC)c1. The van der Waals surface area contributed by atoms with E-state index >= 15 is 0 Å². The third kappa shape index (κ3) is 5.19. The van der Waals surface area contributed by atoms with E-state index < -0.39 is 17.6 Å². The quantitative estimate of drug-likeness (QED) is 0.586. The van der Waals surface area contributed by atoms with Crippen molar-refractivity contribution in [3.05, 3.63) is 65.5 Å². The van der Waals surface area contributed by atoms with Crippen LogP contribution in [0.15, 0.2) is 48.5 Å². The van der Waals surface area contributed by atoms with E-state index in [1.807, 2.05) is 0 Å². The molecule has 36 heavy (non-hydrogen) atoms. The van der Waals surface area contributed by atoms with Crippen LogP contribution in [0, 0.1) is 5.82 Å². The van der Waals surface area contributed by atoms with Crippen molar-refractivity contribution in [3.63, 3.8) is 0 Å². The molecule has 1 unspecified atom stereocenters. The number of ether oxygens (including phenoxy) is 3. The molecule has 0 aromatic heterocycles. The molecule has 0 aliphatic carbocycles. The summed E-state index contributed by atoms with van der Waals surface area (Å²) >= 11 is 0. The first kappa shape index (κ1) is 25.6. The van der Waals surface area contributed by atoms with Gasteiger partial charge in [0.25, 0.3) is 11.8 Å². The van der Waals surface area contributed by atoms with Gasteiger partial charge in [-0.1, -0.05) is 6.07 Å². The van der Waals surface area contributed by atoms with Crippen molar-refractivity contribution in [3.8, 4) is 5.75 Å². The van der Waals surface area contributed by atoms with Gasteiger partial charge in [-0.2, -0.15) is 0 Å². The Morgan fingerprint density at radius 3 is 2.44 bits per heavy atom. The number of nitrogens with one attached hydrogen (secondary N) is 1. The number of hydrogen-bond donors (Lipinski definition) is 1. The normalized spacial score (nSPS) is 18.8. The van der Waals surface area contributed by atoms with E-state index in [1.165, 1.54) is 36.3 Å². The van der Waals surface area contributed by atoms with Crippen LogP contribution in [0.5, 0.6) is 5.75 Å². The predicted octanol–water partition coefficient (Wildman–Crippen LogP) is 2.07. The van der Waals surface area contributed by atoms with Crippen molar-refractivity contribution < 1.29 is 33.0 Å². The molecular weight excluding hydrogens is 469 g/mol. The van der Waals surface area contributed by atoms with Crippen LogP contribution in [0.2, 0.25) is 0 Å². The molecule has 2 aliphatic heterocycles. The molecule has 2 saturated heterocycles. The molecule has 10 heteroatoms. The number of hydrogen-bond acceptors (Lipinski definition) is 6. The van der Waals surface area contributed by atoms with Gasteiger partial charge in [0.05, 0.1) is 20.3 Å². The Labute approximate surface area is 209 Å². The molecule has 2 aromatic carbocycles. The van der Waals surface area contributed by atoms with Gasteiger partial charge in [0.1, 0.15) is 23.3 Å². The highest BCUT2D eigenvalue weighted by molar-refractivity contribution is 5.99. The Hall–Kier alpha value is -3.50. The van der Waals surface area contributed by atoms with Crippen LogP contribution < -0.4 is 10.1 Å². The minimum atomic E-state index is -1.04. The summed E-state index contributed by atoms with van der Waals surface area (Å²) in [5.41, 5.74) is -0.277. The summed E-state index contributed by atoms with van der Waals surface area (Å²) in [7, 11) is 3.06. The third-order valence-corrected chi connectivity index (χ3v) is 6.63. The molecular formula is C26H30FN3O6. The molecule has 3 amide bonds. The van der Waals surface area contributed by atoms with Crippen LogP contribution in [0.3, 0.4) is 0 Å². The first-order chi connectivity index (χ1) is 17.4. The Bertz CT molecular complexity index is 1100. The Morgan fingerprint density at radius 1 is 1.06 bits per heavy atom. The average Bonchev–Trinajstić information content (AvgIpc) is 3.27. The van der Waals surface area contributed by atoms with Crippen molar-refractivity contribution in [2.45, 2.75) is 24.6 Å². The Morgan fingerprint density at radius 2 is 1.78 bits per heavy atom. The van der Waals surface area contributed by atoms with Crippen molar-refractivity contribution >= 4 is 17.7 Å². The van der Waals surface area contributed by atoms with E-state index in [2.05, 4.69) is 5.32 Å². The van der Waals surface area contributed by atoms with Crippen molar-refractivity contribution in [1.29, 1.82) is 0 Å². The molecule has 2 fully saturated rings. The summed E-state index contributed by atoms with van der Waals surface area (Å²) in [5, 5.41) is 2.80.